The number of hydrogen-bond acceptors (Lipinski definition) is 3. The molecule has 0 saturated heterocycles. The number of fused-ring (bicyclic) bond motifs is 2. The Bertz CT molecular complexity index is 1210. The van der Waals surface area contributed by atoms with Gasteiger partial charge in [-0.1, -0.05) is 70.2 Å². The molecule has 4 nitrogen and oxygen atoms in total. The summed E-state index contributed by atoms with van der Waals surface area (Å²) >= 11 is 23.6. The lowest BCUT2D eigenvalue weighted by molar-refractivity contribution is 0.0697. The standard InChI is InChI=1S/C10H5Cl2NO2.C10H7Cl2N/c11-8-4-13-9(12)7-3-5(10(14)15)1-2-6(7)8;1-6-2-3-7-8(4-6)10(12)13-5-9(7)11/h1-4H,(H,14,15);2-5H,1H3. The molecule has 0 fully saturated rings. The van der Waals surface area contributed by atoms with Crippen molar-refractivity contribution >= 4 is 73.9 Å². The van der Waals surface area contributed by atoms with E-state index in [9.17, 15) is 4.79 Å². The maximum Gasteiger partial charge on any atom is 0.335 e. The number of nitrogens with zero attached hydrogens (tertiary/aromatic N) is 2. The van der Waals surface area contributed by atoms with Gasteiger partial charge in [-0.15, -0.1) is 0 Å². The van der Waals surface area contributed by atoms with Gasteiger partial charge in [-0.2, -0.15) is 0 Å². The quantitative estimate of drug-likeness (QED) is 0.312. The highest BCUT2D eigenvalue weighted by atomic mass is 35.5. The van der Waals surface area contributed by atoms with Crippen LogP contribution in [0.15, 0.2) is 48.8 Å². The summed E-state index contributed by atoms with van der Waals surface area (Å²) in [5, 5.41) is 13.8. The molecule has 0 bridgehead atoms. The van der Waals surface area contributed by atoms with Gasteiger partial charge in [-0.25, -0.2) is 14.8 Å². The predicted molar refractivity (Wildman–Crippen MR) is 115 cm³/mol. The molecule has 0 aliphatic heterocycles. The fourth-order valence-electron chi connectivity index (χ4n) is 2.60. The molecular weight excluding hydrogens is 442 g/mol. The third kappa shape index (κ3) is 4.31. The van der Waals surface area contributed by atoms with Gasteiger partial charge in [0.2, 0.25) is 0 Å². The highest BCUT2D eigenvalue weighted by molar-refractivity contribution is 6.40. The van der Waals surface area contributed by atoms with Crippen molar-refractivity contribution in [3.63, 3.8) is 0 Å². The van der Waals surface area contributed by atoms with Crippen LogP contribution in [0.3, 0.4) is 0 Å². The van der Waals surface area contributed by atoms with Crippen molar-refractivity contribution in [1.82, 2.24) is 9.97 Å². The third-order valence-corrected chi connectivity index (χ3v) is 5.19. The number of pyridine rings is 2. The van der Waals surface area contributed by atoms with Crippen molar-refractivity contribution in [3.05, 3.63) is 80.3 Å². The van der Waals surface area contributed by atoms with E-state index in [1.165, 1.54) is 18.3 Å². The second kappa shape index (κ2) is 8.50. The third-order valence-electron chi connectivity index (χ3n) is 3.98. The van der Waals surface area contributed by atoms with E-state index >= 15 is 0 Å². The van der Waals surface area contributed by atoms with E-state index in [-0.39, 0.29) is 10.7 Å². The molecule has 2 aromatic carbocycles. The first-order valence-electron chi connectivity index (χ1n) is 7.95. The van der Waals surface area contributed by atoms with Crippen LogP contribution in [0.2, 0.25) is 20.4 Å². The van der Waals surface area contributed by atoms with Crippen molar-refractivity contribution in [2.75, 3.05) is 0 Å². The molecule has 8 heteroatoms. The van der Waals surface area contributed by atoms with Crippen molar-refractivity contribution in [2.24, 2.45) is 0 Å². The molecular formula is C20H12Cl4N2O2. The van der Waals surface area contributed by atoms with Gasteiger partial charge >= 0.3 is 5.97 Å². The first kappa shape index (κ1) is 20.6. The van der Waals surface area contributed by atoms with E-state index in [2.05, 4.69) is 9.97 Å². The molecule has 2 aromatic heterocycles. The van der Waals surface area contributed by atoms with E-state index in [0.717, 1.165) is 16.3 Å². The van der Waals surface area contributed by atoms with Crippen molar-refractivity contribution in [2.45, 2.75) is 6.92 Å². The van der Waals surface area contributed by atoms with Crippen LogP contribution >= 0.6 is 46.4 Å². The predicted octanol–water partition coefficient (Wildman–Crippen LogP) is 7.09. The number of aromatic carboxylic acids is 1. The Labute approximate surface area is 180 Å². The SMILES string of the molecule is Cc1ccc2c(Cl)cnc(Cl)c2c1.O=C(O)c1ccc2c(Cl)cnc(Cl)c2c1. The summed E-state index contributed by atoms with van der Waals surface area (Å²) in [6.07, 6.45) is 3.01. The van der Waals surface area contributed by atoms with E-state index in [1.807, 2.05) is 25.1 Å². The van der Waals surface area contributed by atoms with Gasteiger partial charge in [-0.3, -0.25) is 0 Å². The first-order chi connectivity index (χ1) is 13.3. The fourth-order valence-corrected chi connectivity index (χ4v) is 3.44. The minimum absolute atomic E-state index is 0.161. The number of rotatable bonds is 1. The van der Waals surface area contributed by atoms with Crippen molar-refractivity contribution in [3.8, 4) is 0 Å². The Morgan fingerprint density at radius 2 is 1.29 bits per heavy atom. The average molecular weight is 454 g/mol. The van der Waals surface area contributed by atoms with Crippen molar-refractivity contribution < 1.29 is 9.90 Å². The van der Waals surface area contributed by atoms with Crippen LogP contribution in [0.25, 0.3) is 21.5 Å². The van der Waals surface area contributed by atoms with Gasteiger partial charge in [0.25, 0.3) is 0 Å². The maximum absolute atomic E-state index is 10.7. The van der Waals surface area contributed by atoms with E-state index in [4.69, 9.17) is 51.5 Å². The monoisotopic (exact) mass is 452 g/mol. The molecule has 4 rings (SSSR count). The minimum Gasteiger partial charge on any atom is -0.478 e. The molecule has 0 amide bonds. The molecule has 0 atom stereocenters. The van der Waals surface area contributed by atoms with E-state index in [1.54, 1.807) is 12.3 Å². The lowest BCUT2D eigenvalue weighted by atomic mass is 10.1. The molecule has 0 spiro atoms. The zero-order chi connectivity index (χ0) is 20.4. The summed E-state index contributed by atoms with van der Waals surface area (Å²) in [5.74, 6) is -1.01. The Morgan fingerprint density at radius 1 is 0.786 bits per heavy atom. The second-order valence-corrected chi connectivity index (χ2v) is 7.44. The number of carbonyl (C=O) groups is 1. The summed E-state index contributed by atoms with van der Waals surface area (Å²) in [4.78, 5) is 18.6. The van der Waals surface area contributed by atoms with Gasteiger partial charge in [0.15, 0.2) is 0 Å². The number of benzene rings is 2. The van der Waals surface area contributed by atoms with Gasteiger partial charge in [0.05, 0.1) is 15.6 Å². The lowest BCUT2D eigenvalue weighted by Crippen LogP contribution is -1.95. The molecule has 0 unspecified atom stereocenters. The number of carboxylic acid groups (broad SMARTS) is 1. The molecule has 2 heterocycles. The van der Waals surface area contributed by atoms with Crippen LogP contribution in [0.1, 0.15) is 15.9 Å². The number of halogens is 4. The molecule has 1 N–H and O–H groups in total. The highest BCUT2D eigenvalue weighted by Crippen LogP contribution is 2.29. The summed E-state index contributed by atoms with van der Waals surface area (Å²) in [6, 6.07) is 10.5. The Hall–Kier alpha value is -2.11. The zero-order valence-corrected chi connectivity index (χ0v) is 17.4. The summed E-state index contributed by atoms with van der Waals surface area (Å²) in [6.45, 7) is 2.01. The second-order valence-electron chi connectivity index (χ2n) is 5.91. The maximum atomic E-state index is 10.7. The van der Waals surface area contributed by atoms with Crippen LogP contribution in [0.5, 0.6) is 0 Å². The summed E-state index contributed by atoms with van der Waals surface area (Å²) in [7, 11) is 0. The smallest absolute Gasteiger partial charge is 0.335 e. The van der Waals surface area contributed by atoms with E-state index in [0.29, 0.717) is 26.0 Å². The summed E-state index contributed by atoms with van der Waals surface area (Å²) in [5.41, 5.74) is 1.31. The molecule has 0 aliphatic rings. The van der Waals surface area contributed by atoms with Gasteiger partial charge < -0.3 is 5.11 Å². The molecule has 4 aromatic rings. The number of aryl methyl sites for hydroxylation is 1. The molecule has 142 valence electrons. The minimum atomic E-state index is -1.01. The number of hydrogen-bond donors (Lipinski definition) is 1. The Balaban J connectivity index is 0.000000162. The van der Waals surface area contributed by atoms with Gasteiger partial charge in [-0.05, 0) is 25.1 Å². The van der Waals surface area contributed by atoms with Gasteiger partial charge in [0.1, 0.15) is 10.3 Å². The lowest BCUT2D eigenvalue weighted by Gasteiger charge is -2.03. The Morgan fingerprint density at radius 3 is 1.82 bits per heavy atom. The van der Waals surface area contributed by atoms with Crippen molar-refractivity contribution in [1.29, 1.82) is 0 Å². The number of aromatic nitrogens is 2. The molecule has 0 radical (unpaired) electrons. The average Bonchev–Trinajstić information content (AvgIpc) is 2.68. The molecule has 0 aliphatic carbocycles. The van der Waals surface area contributed by atoms with Gasteiger partial charge in [0, 0.05) is 33.9 Å². The zero-order valence-electron chi connectivity index (χ0n) is 14.4. The highest BCUT2D eigenvalue weighted by Gasteiger charge is 2.09. The van der Waals surface area contributed by atoms with Crippen LogP contribution in [0, 0.1) is 6.92 Å². The van der Waals surface area contributed by atoms with Crippen LogP contribution in [0.4, 0.5) is 0 Å². The topological polar surface area (TPSA) is 63.1 Å². The summed E-state index contributed by atoms with van der Waals surface area (Å²) < 4.78 is 0. The van der Waals surface area contributed by atoms with Crippen LogP contribution in [-0.2, 0) is 0 Å². The van der Waals surface area contributed by atoms with Crippen LogP contribution < -0.4 is 0 Å². The van der Waals surface area contributed by atoms with Crippen LogP contribution in [-0.4, -0.2) is 21.0 Å². The first-order valence-corrected chi connectivity index (χ1v) is 9.46. The molecule has 28 heavy (non-hydrogen) atoms. The molecule has 0 saturated carbocycles. The van der Waals surface area contributed by atoms with E-state index < -0.39 is 5.97 Å². The normalized spacial score (nSPS) is 10.6. The fraction of sp³-hybridized carbons (Fsp3) is 0.0500. The Kier molecular flexibility index (Phi) is 6.26. The number of carboxylic acids is 1. The largest absolute Gasteiger partial charge is 0.478 e.